The standard InChI is InChI=1S/C17H19F5N4O2S/c1-12-15(10-23-26(12)16(18)19)29(27,28)25-7-5-24(6-8-25)11-13-3-2-4-14(9-13)17(20,21)22/h2-4,9-10,16H,5-8,11H2,1H3. The van der Waals surface area contributed by atoms with Gasteiger partial charge in [-0.1, -0.05) is 18.2 Å². The number of aromatic nitrogens is 2. The summed E-state index contributed by atoms with van der Waals surface area (Å²) < 4.78 is 91.2. The van der Waals surface area contributed by atoms with Crippen LogP contribution in [0.15, 0.2) is 35.4 Å². The van der Waals surface area contributed by atoms with Crippen LogP contribution in [0.25, 0.3) is 0 Å². The lowest BCUT2D eigenvalue weighted by molar-refractivity contribution is -0.137. The highest BCUT2D eigenvalue weighted by atomic mass is 32.2. The first-order valence-electron chi connectivity index (χ1n) is 8.71. The van der Waals surface area contributed by atoms with Crippen molar-refractivity contribution in [2.75, 3.05) is 26.2 Å². The second-order valence-electron chi connectivity index (χ2n) is 6.69. The number of benzene rings is 1. The summed E-state index contributed by atoms with van der Waals surface area (Å²) >= 11 is 0. The first-order chi connectivity index (χ1) is 13.5. The molecular weight excluding hydrogens is 419 g/mol. The molecule has 12 heteroatoms. The minimum absolute atomic E-state index is 0.0978. The van der Waals surface area contributed by atoms with Crippen LogP contribution in [0, 0.1) is 6.92 Å². The molecule has 6 nitrogen and oxygen atoms in total. The fourth-order valence-electron chi connectivity index (χ4n) is 3.23. The van der Waals surface area contributed by atoms with Crippen molar-refractivity contribution in [3.05, 3.63) is 47.3 Å². The highest BCUT2D eigenvalue weighted by Gasteiger charge is 2.33. The molecule has 160 valence electrons. The van der Waals surface area contributed by atoms with E-state index in [1.165, 1.54) is 17.3 Å². The number of halogens is 5. The summed E-state index contributed by atoms with van der Waals surface area (Å²) in [5, 5.41) is 3.43. The summed E-state index contributed by atoms with van der Waals surface area (Å²) in [5.74, 6) is 0. The number of alkyl halides is 5. The Morgan fingerprint density at radius 2 is 1.79 bits per heavy atom. The molecule has 0 amide bonds. The van der Waals surface area contributed by atoms with E-state index in [9.17, 15) is 30.4 Å². The van der Waals surface area contributed by atoms with E-state index in [2.05, 4.69) is 5.10 Å². The predicted octanol–water partition coefficient (Wildman–Crippen LogP) is 3.11. The molecule has 1 aromatic carbocycles. The maximum Gasteiger partial charge on any atom is 0.416 e. The second-order valence-corrected chi connectivity index (χ2v) is 8.60. The molecule has 1 aliphatic heterocycles. The van der Waals surface area contributed by atoms with Crippen molar-refractivity contribution in [1.82, 2.24) is 19.0 Å². The van der Waals surface area contributed by atoms with Crippen LogP contribution in [0.3, 0.4) is 0 Å². The summed E-state index contributed by atoms with van der Waals surface area (Å²) in [6, 6.07) is 4.99. The van der Waals surface area contributed by atoms with Crippen LogP contribution in [0.4, 0.5) is 22.0 Å². The molecule has 3 rings (SSSR count). The molecule has 1 aromatic heterocycles. The molecule has 0 radical (unpaired) electrons. The Bertz CT molecular complexity index is 966. The zero-order valence-electron chi connectivity index (χ0n) is 15.4. The van der Waals surface area contributed by atoms with Gasteiger partial charge in [-0.3, -0.25) is 4.90 Å². The van der Waals surface area contributed by atoms with Crippen molar-refractivity contribution in [2.24, 2.45) is 0 Å². The van der Waals surface area contributed by atoms with E-state index in [0.29, 0.717) is 23.3 Å². The van der Waals surface area contributed by atoms with Gasteiger partial charge in [0, 0.05) is 32.7 Å². The molecule has 29 heavy (non-hydrogen) atoms. The molecule has 0 unspecified atom stereocenters. The molecule has 2 aromatic rings. The molecule has 0 aliphatic carbocycles. The molecule has 0 N–H and O–H groups in total. The molecule has 2 heterocycles. The van der Waals surface area contributed by atoms with Crippen molar-refractivity contribution < 1.29 is 30.4 Å². The molecular formula is C17H19F5N4O2S. The van der Waals surface area contributed by atoms with Gasteiger partial charge in [0.25, 0.3) is 0 Å². The average Bonchev–Trinajstić information content (AvgIpc) is 3.04. The third-order valence-corrected chi connectivity index (χ3v) is 6.80. The smallest absolute Gasteiger partial charge is 0.296 e. The summed E-state index contributed by atoms with van der Waals surface area (Å²) in [6.45, 7) is -0.630. The van der Waals surface area contributed by atoms with Crippen LogP contribution in [0.2, 0.25) is 0 Å². The topological polar surface area (TPSA) is 58.4 Å². The van der Waals surface area contributed by atoms with Crippen molar-refractivity contribution in [3.8, 4) is 0 Å². The van der Waals surface area contributed by atoms with Crippen LogP contribution in [-0.2, 0) is 22.7 Å². The number of piperazine rings is 1. The third-order valence-electron chi connectivity index (χ3n) is 4.79. The number of hydrogen-bond acceptors (Lipinski definition) is 4. The van der Waals surface area contributed by atoms with Crippen LogP contribution < -0.4 is 0 Å². The monoisotopic (exact) mass is 438 g/mol. The van der Waals surface area contributed by atoms with Gasteiger partial charge >= 0.3 is 12.7 Å². The highest BCUT2D eigenvalue weighted by Crippen LogP contribution is 2.30. The van der Waals surface area contributed by atoms with E-state index in [1.54, 1.807) is 6.07 Å². The summed E-state index contributed by atoms with van der Waals surface area (Å²) in [4.78, 5) is 1.57. The van der Waals surface area contributed by atoms with Crippen LogP contribution in [-0.4, -0.2) is 53.6 Å². The first-order valence-corrected chi connectivity index (χ1v) is 10.1. The second kappa shape index (κ2) is 8.00. The SMILES string of the molecule is Cc1c(S(=O)(=O)N2CCN(Cc3cccc(C(F)(F)F)c3)CC2)cnn1C(F)F. The summed E-state index contributed by atoms with van der Waals surface area (Å²) in [6.07, 6.45) is -3.52. The Hall–Kier alpha value is -2.05. The Labute approximate surface area is 164 Å². The Morgan fingerprint density at radius 1 is 1.14 bits per heavy atom. The summed E-state index contributed by atoms with van der Waals surface area (Å²) in [7, 11) is -3.99. The van der Waals surface area contributed by atoms with E-state index < -0.39 is 28.3 Å². The van der Waals surface area contributed by atoms with Crippen molar-refractivity contribution in [3.63, 3.8) is 0 Å². The van der Waals surface area contributed by atoms with E-state index in [1.807, 2.05) is 4.90 Å². The zero-order valence-corrected chi connectivity index (χ0v) is 16.2. The van der Waals surface area contributed by atoms with Crippen LogP contribution >= 0.6 is 0 Å². The van der Waals surface area contributed by atoms with Crippen molar-refractivity contribution >= 4 is 10.0 Å². The van der Waals surface area contributed by atoms with E-state index in [0.717, 1.165) is 18.3 Å². The number of rotatable bonds is 5. The molecule has 1 aliphatic rings. The first kappa shape index (κ1) is 21.7. The maximum atomic E-state index is 12.8. The molecule has 1 saturated heterocycles. The minimum atomic E-state index is -4.43. The van der Waals surface area contributed by atoms with Gasteiger partial charge in [0.15, 0.2) is 0 Å². The fraction of sp³-hybridized carbons (Fsp3) is 0.471. The largest absolute Gasteiger partial charge is 0.416 e. The van der Waals surface area contributed by atoms with Crippen molar-refractivity contribution in [2.45, 2.75) is 31.1 Å². The number of nitrogens with zero attached hydrogens (tertiary/aromatic N) is 4. The fourth-order valence-corrected chi connectivity index (χ4v) is 4.80. The van der Waals surface area contributed by atoms with Gasteiger partial charge in [-0.2, -0.15) is 31.4 Å². The quantitative estimate of drug-likeness (QED) is 0.674. The zero-order chi connectivity index (χ0) is 21.4. The van der Waals surface area contributed by atoms with Crippen LogP contribution in [0.5, 0.6) is 0 Å². The van der Waals surface area contributed by atoms with E-state index >= 15 is 0 Å². The molecule has 0 bridgehead atoms. The van der Waals surface area contributed by atoms with Gasteiger partial charge < -0.3 is 0 Å². The van der Waals surface area contributed by atoms with Gasteiger partial charge in [-0.25, -0.2) is 13.1 Å². The lowest BCUT2D eigenvalue weighted by Gasteiger charge is -2.34. The summed E-state index contributed by atoms with van der Waals surface area (Å²) in [5.41, 5.74) is -0.403. The van der Waals surface area contributed by atoms with E-state index in [-0.39, 0.29) is 30.2 Å². The maximum absolute atomic E-state index is 12.8. The third kappa shape index (κ3) is 4.59. The van der Waals surface area contributed by atoms with Gasteiger partial charge in [0.1, 0.15) is 4.90 Å². The molecule has 0 atom stereocenters. The van der Waals surface area contributed by atoms with Gasteiger partial charge in [0.05, 0.1) is 17.5 Å². The average molecular weight is 438 g/mol. The Kier molecular flexibility index (Phi) is 5.97. The van der Waals surface area contributed by atoms with Gasteiger partial charge in [-0.15, -0.1) is 0 Å². The lowest BCUT2D eigenvalue weighted by Crippen LogP contribution is -2.48. The Morgan fingerprint density at radius 3 is 2.34 bits per heavy atom. The van der Waals surface area contributed by atoms with Gasteiger partial charge in [-0.05, 0) is 18.6 Å². The number of hydrogen-bond donors (Lipinski definition) is 0. The molecule has 1 fully saturated rings. The van der Waals surface area contributed by atoms with Crippen molar-refractivity contribution in [1.29, 1.82) is 0 Å². The molecule has 0 saturated carbocycles. The van der Waals surface area contributed by atoms with E-state index in [4.69, 9.17) is 0 Å². The van der Waals surface area contributed by atoms with Gasteiger partial charge in [0.2, 0.25) is 10.0 Å². The van der Waals surface area contributed by atoms with Crippen LogP contribution in [0.1, 0.15) is 23.4 Å². The Balaban J connectivity index is 1.66. The number of sulfonamides is 1. The predicted molar refractivity (Wildman–Crippen MR) is 93.7 cm³/mol. The minimum Gasteiger partial charge on any atom is -0.296 e. The molecule has 0 spiro atoms. The normalized spacial score (nSPS) is 17.2. The lowest BCUT2D eigenvalue weighted by atomic mass is 10.1. The highest BCUT2D eigenvalue weighted by molar-refractivity contribution is 7.89.